The van der Waals surface area contributed by atoms with Gasteiger partial charge < -0.3 is 4.57 Å². The minimum Gasteiger partial charge on any atom is -0.309 e. The Morgan fingerprint density at radius 3 is 1.86 bits per heavy atom. The summed E-state index contributed by atoms with van der Waals surface area (Å²) in [5.74, 6) is 0. The molecule has 0 spiro atoms. The van der Waals surface area contributed by atoms with Gasteiger partial charge in [0.2, 0.25) is 0 Å². The molecule has 6 aromatic carbocycles. The Morgan fingerprint density at radius 2 is 1.11 bits per heavy atom. The maximum atomic E-state index is 4.84. The van der Waals surface area contributed by atoms with Gasteiger partial charge in [0.25, 0.3) is 0 Å². The molecule has 0 atom stereocenters. The minimum absolute atomic E-state index is 1.04. The standard InChI is InChI=1S/C35H22N2/c1-2-10-27-23(8-1)17-20-30-31(27)22-25-9-7-21-36-35(25)34(30)24-15-18-26(19-16-24)37-32-13-5-3-11-28(32)29-12-4-6-14-33(29)37/h1-22H. The largest absolute Gasteiger partial charge is 0.309 e. The number of aromatic nitrogens is 2. The van der Waals surface area contributed by atoms with Crippen LogP contribution in [0.25, 0.3) is 71.1 Å². The average Bonchev–Trinajstić information content (AvgIpc) is 3.30. The van der Waals surface area contributed by atoms with Gasteiger partial charge in [0.15, 0.2) is 0 Å². The molecule has 0 radical (unpaired) electrons. The smallest absolute Gasteiger partial charge is 0.0786 e. The second-order valence-electron chi connectivity index (χ2n) is 9.63. The van der Waals surface area contributed by atoms with E-state index < -0.39 is 0 Å². The molecule has 8 rings (SSSR count). The summed E-state index contributed by atoms with van der Waals surface area (Å²) in [5.41, 5.74) is 7.00. The highest BCUT2D eigenvalue weighted by molar-refractivity contribution is 6.19. The van der Waals surface area contributed by atoms with E-state index in [0.29, 0.717) is 0 Å². The van der Waals surface area contributed by atoms with Crippen molar-refractivity contribution in [1.82, 2.24) is 9.55 Å². The summed E-state index contributed by atoms with van der Waals surface area (Å²) in [6, 6.07) is 45.8. The second-order valence-corrected chi connectivity index (χ2v) is 9.63. The van der Waals surface area contributed by atoms with Crippen LogP contribution in [0.1, 0.15) is 0 Å². The molecule has 2 nitrogen and oxygen atoms in total. The summed E-state index contributed by atoms with van der Waals surface area (Å²) in [7, 11) is 0. The van der Waals surface area contributed by atoms with Crippen LogP contribution in [0.15, 0.2) is 134 Å². The van der Waals surface area contributed by atoms with Crippen molar-refractivity contribution in [1.29, 1.82) is 0 Å². The molecule has 0 saturated heterocycles. The number of hydrogen-bond acceptors (Lipinski definition) is 1. The second kappa shape index (κ2) is 7.78. The molecule has 0 bridgehead atoms. The lowest BCUT2D eigenvalue weighted by molar-refractivity contribution is 1.18. The molecule has 172 valence electrons. The summed E-state index contributed by atoms with van der Waals surface area (Å²) < 4.78 is 2.36. The predicted octanol–water partition coefficient (Wildman–Crippen LogP) is 9.31. The van der Waals surface area contributed by atoms with Crippen molar-refractivity contribution >= 4 is 54.3 Å². The van der Waals surface area contributed by atoms with Gasteiger partial charge in [-0.2, -0.15) is 0 Å². The van der Waals surface area contributed by atoms with Crippen molar-refractivity contribution in [3.63, 3.8) is 0 Å². The molecule has 0 unspecified atom stereocenters. The van der Waals surface area contributed by atoms with E-state index in [1.165, 1.54) is 54.5 Å². The van der Waals surface area contributed by atoms with Crippen molar-refractivity contribution < 1.29 is 0 Å². The molecular formula is C35H22N2. The summed E-state index contributed by atoms with van der Waals surface area (Å²) >= 11 is 0. The van der Waals surface area contributed by atoms with Crippen molar-refractivity contribution in [2.24, 2.45) is 0 Å². The molecule has 0 fully saturated rings. The molecular weight excluding hydrogens is 448 g/mol. The molecule has 0 aliphatic heterocycles. The zero-order valence-electron chi connectivity index (χ0n) is 20.1. The predicted molar refractivity (Wildman–Crippen MR) is 157 cm³/mol. The number of benzene rings is 6. The number of rotatable bonds is 2. The lowest BCUT2D eigenvalue weighted by atomic mass is 9.92. The van der Waals surface area contributed by atoms with Crippen LogP contribution in [0.4, 0.5) is 0 Å². The zero-order valence-corrected chi connectivity index (χ0v) is 20.1. The highest BCUT2D eigenvalue weighted by atomic mass is 15.0. The van der Waals surface area contributed by atoms with Crippen LogP contribution >= 0.6 is 0 Å². The first-order chi connectivity index (χ1) is 18.4. The third-order valence-electron chi connectivity index (χ3n) is 7.61. The third kappa shape index (κ3) is 2.96. The topological polar surface area (TPSA) is 17.8 Å². The van der Waals surface area contributed by atoms with E-state index in [0.717, 1.165) is 16.6 Å². The third-order valence-corrected chi connectivity index (χ3v) is 7.61. The van der Waals surface area contributed by atoms with E-state index in [9.17, 15) is 0 Å². The quantitative estimate of drug-likeness (QED) is 0.182. The number of fused-ring (bicyclic) bond motifs is 7. The van der Waals surface area contributed by atoms with E-state index in [2.05, 4.69) is 126 Å². The number of pyridine rings is 1. The van der Waals surface area contributed by atoms with E-state index in [4.69, 9.17) is 4.98 Å². The van der Waals surface area contributed by atoms with Gasteiger partial charge in [0, 0.05) is 33.6 Å². The summed E-state index contributed by atoms with van der Waals surface area (Å²) in [6.07, 6.45) is 1.89. The maximum absolute atomic E-state index is 4.84. The normalized spacial score (nSPS) is 11.8. The summed E-state index contributed by atoms with van der Waals surface area (Å²) in [4.78, 5) is 4.84. The lowest BCUT2D eigenvalue weighted by Crippen LogP contribution is -1.94. The first kappa shape index (κ1) is 20.3. The molecule has 0 aliphatic carbocycles. The minimum atomic E-state index is 1.04. The van der Waals surface area contributed by atoms with E-state index in [-0.39, 0.29) is 0 Å². The van der Waals surface area contributed by atoms with Gasteiger partial charge in [-0.05, 0) is 63.5 Å². The highest BCUT2D eigenvalue weighted by Gasteiger charge is 2.15. The average molecular weight is 471 g/mol. The van der Waals surface area contributed by atoms with Crippen molar-refractivity contribution in [2.75, 3.05) is 0 Å². The van der Waals surface area contributed by atoms with E-state index in [1.54, 1.807) is 0 Å². The Hall–Kier alpha value is -4.95. The summed E-state index contributed by atoms with van der Waals surface area (Å²) in [5, 5.41) is 8.74. The van der Waals surface area contributed by atoms with Gasteiger partial charge in [-0.3, -0.25) is 4.98 Å². The van der Waals surface area contributed by atoms with Gasteiger partial charge in [-0.1, -0.05) is 91.0 Å². The van der Waals surface area contributed by atoms with Crippen molar-refractivity contribution in [3.8, 4) is 16.8 Å². The SMILES string of the molecule is c1cnc2c(-c3ccc(-n4c5ccccc5c5ccccc54)cc3)c3ccc4ccccc4c3cc2c1. The van der Waals surface area contributed by atoms with Crippen LogP contribution in [-0.2, 0) is 0 Å². The van der Waals surface area contributed by atoms with Crippen LogP contribution in [-0.4, -0.2) is 9.55 Å². The van der Waals surface area contributed by atoms with Crippen molar-refractivity contribution in [3.05, 3.63) is 134 Å². The Morgan fingerprint density at radius 1 is 0.459 bits per heavy atom. The lowest BCUT2D eigenvalue weighted by Gasteiger charge is -2.14. The molecule has 2 heterocycles. The fraction of sp³-hybridized carbons (Fsp3) is 0. The Kier molecular flexibility index (Phi) is 4.26. The van der Waals surface area contributed by atoms with Gasteiger partial charge in [-0.15, -0.1) is 0 Å². The van der Waals surface area contributed by atoms with Crippen LogP contribution < -0.4 is 0 Å². The van der Waals surface area contributed by atoms with Crippen LogP contribution in [0.3, 0.4) is 0 Å². The van der Waals surface area contributed by atoms with Crippen LogP contribution in [0, 0.1) is 0 Å². The van der Waals surface area contributed by atoms with Gasteiger partial charge in [0.05, 0.1) is 16.6 Å². The van der Waals surface area contributed by atoms with Crippen molar-refractivity contribution in [2.45, 2.75) is 0 Å². The van der Waals surface area contributed by atoms with Gasteiger partial charge in [-0.25, -0.2) is 0 Å². The maximum Gasteiger partial charge on any atom is 0.0786 e. The Bertz CT molecular complexity index is 2080. The molecule has 0 saturated carbocycles. The number of hydrogen-bond donors (Lipinski definition) is 0. The Labute approximate surface area is 214 Å². The monoisotopic (exact) mass is 470 g/mol. The van der Waals surface area contributed by atoms with Crippen LogP contribution in [0.5, 0.6) is 0 Å². The molecule has 2 aromatic heterocycles. The van der Waals surface area contributed by atoms with Gasteiger partial charge in [0.1, 0.15) is 0 Å². The molecule has 0 aliphatic rings. The first-order valence-electron chi connectivity index (χ1n) is 12.6. The highest BCUT2D eigenvalue weighted by Crippen LogP contribution is 2.39. The Balaban J connectivity index is 1.39. The molecule has 0 N–H and O–H groups in total. The fourth-order valence-electron chi connectivity index (χ4n) is 5.97. The number of para-hydroxylation sites is 2. The molecule has 2 heteroatoms. The van der Waals surface area contributed by atoms with Crippen LogP contribution in [0.2, 0.25) is 0 Å². The zero-order chi connectivity index (χ0) is 24.3. The van der Waals surface area contributed by atoms with E-state index in [1.807, 2.05) is 12.3 Å². The van der Waals surface area contributed by atoms with E-state index >= 15 is 0 Å². The number of nitrogens with zero attached hydrogens (tertiary/aromatic N) is 2. The van der Waals surface area contributed by atoms with Gasteiger partial charge >= 0.3 is 0 Å². The molecule has 0 amide bonds. The first-order valence-corrected chi connectivity index (χ1v) is 12.6. The molecule has 8 aromatic rings. The summed E-state index contributed by atoms with van der Waals surface area (Å²) in [6.45, 7) is 0. The molecule has 37 heavy (non-hydrogen) atoms. The fourth-order valence-corrected chi connectivity index (χ4v) is 5.97.